The predicted molar refractivity (Wildman–Crippen MR) is 115 cm³/mol. The van der Waals surface area contributed by atoms with E-state index < -0.39 is 10.0 Å². The van der Waals surface area contributed by atoms with Crippen LogP contribution in [-0.4, -0.2) is 51.9 Å². The molecule has 9 heteroatoms. The van der Waals surface area contributed by atoms with E-state index in [9.17, 15) is 18.0 Å². The molecule has 1 saturated heterocycles. The Morgan fingerprint density at radius 3 is 2.48 bits per heavy atom. The fourth-order valence-corrected chi connectivity index (χ4v) is 4.40. The Morgan fingerprint density at radius 2 is 1.81 bits per heavy atom. The summed E-state index contributed by atoms with van der Waals surface area (Å²) in [7, 11) is -2.09. The fourth-order valence-electron chi connectivity index (χ4n) is 3.39. The molecule has 1 aliphatic heterocycles. The van der Waals surface area contributed by atoms with E-state index >= 15 is 0 Å². The number of carbonyl (C=O) groups excluding carboxylic acids is 2. The van der Waals surface area contributed by atoms with Gasteiger partial charge in [0.15, 0.2) is 0 Å². The summed E-state index contributed by atoms with van der Waals surface area (Å²) in [6.45, 7) is 1.63. The van der Waals surface area contributed by atoms with Crippen LogP contribution in [0, 0.1) is 5.92 Å². The van der Waals surface area contributed by atoms with Crippen LogP contribution < -0.4 is 10.0 Å². The number of benzene rings is 2. The van der Waals surface area contributed by atoms with E-state index in [1.165, 1.54) is 19.2 Å². The lowest BCUT2D eigenvalue weighted by molar-refractivity contribution is -0.129. The second-order valence-corrected chi connectivity index (χ2v) is 9.18. The molecule has 1 fully saturated rings. The van der Waals surface area contributed by atoms with Gasteiger partial charge in [-0.15, -0.1) is 0 Å². The lowest BCUT2D eigenvalue weighted by atomic mass is 10.1. The third-order valence-electron chi connectivity index (χ3n) is 5.10. The lowest BCUT2D eigenvalue weighted by Crippen LogP contribution is -2.32. The average molecular weight is 446 g/mol. The second-order valence-electron chi connectivity index (χ2n) is 7.41. The number of rotatable bonds is 10. The van der Waals surface area contributed by atoms with Crippen LogP contribution in [0.25, 0.3) is 0 Å². The average Bonchev–Trinajstić information content (AvgIpc) is 3.13. The summed E-state index contributed by atoms with van der Waals surface area (Å²) in [6.07, 6.45) is 0.197. The molecule has 1 heterocycles. The van der Waals surface area contributed by atoms with Gasteiger partial charge in [-0.05, 0) is 23.3 Å². The Balaban J connectivity index is 1.50. The van der Waals surface area contributed by atoms with Gasteiger partial charge in [-0.3, -0.25) is 9.59 Å². The minimum Gasteiger partial charge on any atom is -0.383 e. The van der Waals surface area contributed by atoms with E-state index in [0.717, 1.165) is 11.1 Å². The maximum Gasteiger partial charge on any atom is 0.240 e. The number of carbonyl (C=O) groups is 2. The first-order valence-electron chi connectivity index (χ1n) is 10.1. The van der Waals surface area contributed by atoms with Crippen molar-refractivity contribution in [3.8, 4) is 0 Å². The van der Waals surface area contributed by atoms with Crippen molar-refractivity contribution in [3.63, 3.8) is 0 Å². The van der Waals surface area contributed by atoms with Gasteiger partial charge >= 0.3 is 0 Å². The monoisotopic (exact) mass is 445 g/mol. The Labute approximate surface area is 182 Å². The SMILES string of the molecule is COCCNS(=O)(=O)c1ccc(CNC(=O)C2CC(=O)N(Cc3ccccc3)C2)cc1. The number of likely N-dealkylation sites (tertiary alicyclic amines) is 1. The molecule has 0 aromatic heterocycles. The number of hydrogen-bond acceptors (Lipinski definition) is 5. The van der Waals surface area contributed by atoms with Gasteiger partial charge in [0.1, 0.15) is 0 Å². The minimum absolute atomic E-state index is 0.0282. The molecule has 2 aromatic rings. The molecule has 2 N–H and O–H groups in total. The molecule has 0 aliphatic carbocycles. The molecule has 166 valence electrons. The predicted octanol–water partition coefficient (Wildman–Crippen LogP) is 1.28. The molecule has 3 rings (SSSR count). The summed E-state index contributed by atoms with van der Waals surface area (Å²) in [5.41, 5.74) is 1.80. The standard InChI is InChI=1S/C22H27N3O5S/c1-30-12-11-24-31(28,29)20-9-7-17(8-10-20)14-23-22(27)19-13-21(26)25(16-19)15-18-5-3-2-4-6-18/h2-10,19,24H,11-16H2,1H3,(H,23,27). The molecule has 1 atom stereocenters. The highest BCUT2D eigenvalue weighted by Gasteiger charge is 2.34. The van der Waals surface area contributed by atoms with Crippen molar-refractivity contribution < 1.29 is 22.7 Å². The third-order valence-corrected chi connectivity index (χ3v) is 6.58. The molecule has 0 saturated carbocycles. The number of amides is 2. The zero-order valence-corrected chi connectivity index (χ0v) is 18.2. The van der Waals surface area contributed by atoms with E-state index in [0.29, 0.717) is 13.1 Å². The summed E-state index contributed by atoms with van der Waals surface area (Å²) in [5.74, 6) is -0.595. The van der Waals surface area contributed by atoms with Crippen LogP contribution in [0.1, 0.15) is 17.5 Å². The normalized spacial score (nSPS) is 16.5. The second kappa shape index (κ2) is 10.5. The van der Waals surface area contributed by atoms with Gasteiger partial charge in [-0.1, -0.05) is 42.5 Å². The van der Waals surface area contributed by atoms with Gasteiger partial charge in [0.2, 0.25) is 21.8 Å². The molecule has 2 amide bonds. The van der Waals surface area contributed by atoms with E-state index in [-0.39, 0.29) is 48.7 Å². The number of hydrogen-bond donors (Lipinski definition) is 2. The maximum absolute atomic E-state index is 12.5. The van der Waals surface area contributed by atoms with Crippen molar-refractivity contribution in [2.45, 2.75) is 24.4 Å². The van der Waals surface area contributed by atoms with Crippen LogP contribution in [0.5, 0.6) is 0 Å². The first kappa shape index (κ1) is 22.9. The maximum atomic E-state index is 12.5. The van der Waals surface area contributed by atoms with Crippen molar-refractivity contribution in [3.05, 3.63) is 65.7 Å². The van der Waals surface area contributed by atoms with Gasteiger partial charge in [-0.2, -0.15) is 0 Å². The zero-order valence-electron chi connectivity index (χ0n) is 17.4. The molecule has 2 aromatic carbocycles. The summed E-state index contributed by atoms with van der Waals surface area (Å²) < 4.78 is 31.6. The number of nitrogens with zero attached hydrogens (tertiary/aromatic N) is 1. The van der Waals surface area contributed by atoms with Crippen LogP contribution >= 0.6 is 0 Å². The lowest BCUT2D eigenvalue weighted by Gasteiger charge is -2.16. The summed E-state index contributed by atoms with van der Waals surface area (Å²) in [6, 6.07) is 16.0. The minimum atomic E-state index is -3.59. The van der Waals surface area contributed by atoms with Gasteiger partial charge in [0.05, 0.1) is 17.4 Å². The summed E-state index contributed by atoms with van der Waals surface area (Å²) in [5, 5.41) is 2.85. The van der Waals surface area contributed by atoms with Crippen molar-refractivity contribution in [1.29, 1.82) is 0 Å². The smallest absolute Gasteiger partial charge is 0.240 e. The zero-order chi connectivity index (χ0) is 22.3. The number of nitrogens with one attached hydrogen (secondary N) is 2. The molecular weight excluding hydrogens is 418 g/mol. The van der Waals surface area contributed by atoms with Gasteiger partial charge < -0.3 is 15.0 Å². The molecule has 8 nitrogen and oxygen atoms in total. The Morgan fingerprint density at radius 1 is 1.10 bits per heavy atom. The van der Waals surface area contributed by atoms with Crippen molar-refractivity contribution in [1.82, 2.24) is 14.9 Å². The van der Waals surface area contributed by atoms with Crippen LogP contribution in [0.2, 0.25) is 0 Å². The highest BCUT2D eigenvalue weighted by molar-refractivity contribution is 7.89. The highest BCUT2D eigenvalue weighted by Crippen LogP contribution is 2.20. The van der Waals surface area contributed by atoms with Crippen molar-refractivity contribution in [2.24, 2.45) is 5.92 Å². The van der Waals surface area contributed by atoms with Crippen molar-refractivity contribution in [2.75, 3.05) is 26.8 Å². The first-order chi connectivity index (χ1) is 14.9. The Bertz CT molecular complexity index is 994. The molecular formula is C22H27N3O5S. The quantitative estimate of drug-likeness (QED) is 0.536. The fraction of sp³-hybridized carbons (Fsp3) is 0.364. The van der Waals surface area contributed by atoms with Crippen LogP contribution in [-0.2, 0) is 37.4 Å². The van der Waals surface area contributed by atoms with Crippen LogP contribution in [0.4, 0.5) is 0 Å². The van der Waals surface area contributed by atoms with E-state index in [2.05, 4.69) is 10.0 Å². The molecule has 1 unspecified atom stereocenters. The van der Waals surface area contributed by atoms with E-state index in [1.54, 1.807) is 17.0 Å². The highest BCUT2D eigenvalue weighted by atomic mass is 32.2. The number of methoxy groups -OCH3 is 1. The summed E-state index contributed by atoms with van der Waals surface area (Å²) in [4.78, 5) is 26.6. The first-order valence-corrected chi connectivity index (χ1v) is 11.5. The van der Waals surface area contributed by atoms with Crippen molar-refractivity contribution >= 4 is 21.8 Å². The van der Waals surface area contributed by atoms with Gasteiger partial charge in [-0.25, -0.2) is 13.1 Å². The van der Waals surface area contributed by atoms with Gasteiger partial charge in [0, 0.05) is 39.7 Å². The van der Waals surface area contributed by atoms with Crippen LogP contribution in [0.3, 0.4) is 0 Å². The Kier molecular flexibility index (Phi) is 7.78. The molecule has 31 heavy (non-hydrogen) atoms. The molecule has 1 aliphatic rings. The summed E-state index contributed by atoms with van der Waals surface area (Å²) >= 11 is 0. The third kappa shape index (κ3) is 6.36. The largest absolute Gasteiger partial charge is 0.383 e. The Hall–Kier alpha value is -2.75. The molecule has 0 spiro atoms. The topological polar surface area (TPSA) is 105 Å². The molecule has 0 radical (unpaired) electrons. The number of sulfonamides is 1. The van der Waals surface area contributed by atoms with Gasteiger partial charge in [0.25, 0.3) is 0 Å². The van der Waals surface area contributed by atoms with E-state index in [1.807, 2.05) is 30.3 Å². The van der Waals surface area contributed by atoms with Crippen LogP contribution in [0.15, 0.2) is 59.5 Å². The van der Waals surface area contributed by atoms with E-state index in [4.69, 9.17) is 4.74 Å². The number of ether oxygens (including phenoxy) is 1. The molecule has 0 bridgehead atoms.